The van der Waals surface area contributed by atoms with Crippen molar-refractivity contribution in [2.75, 3.05) is 57.3 Å². The lowest BCUT2D eigenvalue weighted by Crippen LogP contribution is -2.51. The minimum absolute atomic E-state index is 0.0586. The lowest BCUT2D eigenvalue weighted by Gasteiger charge is -2.37. The number of anilines is 1. The average molecular weight is 665 g/mol. The number of amides is 3. The van der Waals surface area contributed by atoms with Gasteiger partial charge in [-0.25, -0.2) is 0 Å². The second-order valence-electron chi connectivity index (χ2n) is 12.3. The van der Waals surface area contributed by atoms with Crippen LogP contribution in [0.2, 0.25) is 0 Å². The van der Waals surface area contributed by atoms with E-state index in [1.165, 1.54) is 11.1 Å². The molecule has 4 aromatic rings. The van der Waals surface area contributed by atoms with Crippen LogP contribution < -0.4 is 20.4 Å². The summed E-state index contributed by atoms with van der Waals surface area (Å²) < 4.78 is 11.1. The predicted octanol–water partition coefficient (Wildman–Crippen LogP) is 5.37. The molecule has 0 radical (unpaired) electrons. The third-order valence-electron chi connectivity index (χ3n) is 8.66. The summed E-state index contributed by atoms with van der Waals surface area (Å²) in [7, 11) is 0. The Morgan fingerprint density at radius 2 is 1.51 bits per heavy atom. The summed E-state index contributed by atoms with van der Waals surface area (Å²) in [6.07, 6.45) is 4.82. The van der Waals surface area contributed by atoms with Crippen molar-refractivity contribution in [1.29, 1.82) is 0 Å². The number of rotatable bonds is 8. The number of piperazine rings is 1. The molecule has 2 saturated heterocycles. The number of aryl methyl sites for hydroxylation is 2. The van der Waals surface area contributed by atoms with Gasteiger partial charge in [0.15, 0.2) is 11.2 Å². The number of nitrogens with one attached hydrogen (secondary N) is 1. The first kappa shape index (κ1) is 34.9. The maximum Gasteiger partial charge on any atom is 0.287 e. The summed E-state index contributed by atoms with van der Waals surface area (Å²) in [6, 6.07) is 22.0. The molecule has 2 aliphatic heterocycles. The van der Waals surface area contributed by atoms with Crippen LogP contribution in [0.25, 0.3) is 11.0 Å². The van der Waals surface area contributed by atoms with Crippen LogP contribution in [0.3, 0.4) is 0 Å². The summed E-state index contributed by atoms with van der Waals surface area (Å²) >= 11 is 0. The van der Waals surface area contributed by atoms with Crippen LogP contribution in [0, 0.1) is 13.8 Å². The molecule has 3 heterocycles. The average Bonchev–Trinajstić information content (AvgIpc) is 3.14. The van der Waals surface area contributed by atoms with E-state index in [0.29, 0.717) is 44.1 Å². The fourth-order valence-electron chi connectivity index (χ4n) is 5.88. The second-order valence-corrected chi connectivity index (χ2v) is 12.3. The van der Waals surface area contributed by atoms with Crippen molar-refractivity contribution in [2.24, 2.45) is 0 Å². The largest absolute Gasteiger partial charge is 0.490 e. The number of para-hydroxylation sites is 1. The maximum atomic E-state index is 13.2. The van der Waals surface area contributed by atoms with Crippen LogP contribution in [-0.4, -0.2) is 79.9 Å². The number of hydrogen-bond acceptors (Lipinski definition) is 7. The fraction of sp³-hybridized carbons (Fsp3) is 0.333. The van der Waals surface area contributed by atoms with Gasteiger partial charge in [0.2, 0.25) is 5.91 Å². The Bertz CT molecular complexity index is 1820. The molecule has 2 aliphatic rings. The van der Waals surface area contributed by atoms with Crippen molar-refractivity contribution >= 4 is 34.4 Å². The van der Waals surface area contributed by atoms with Gasteiger partial charge in [-0.15, -0.1) is 0 Å². The predicted molar refractivity (Wildman–Crippen MR) is 191 cm³/mol. The van der Waals surface area contributed by atoms with Gasteiger partial charge in [-0.1, -0.05) is 60.2 Å². The number of carbonyl (C=O) groups is 3. The van der Waals surface area contributed by atoms with Crippen molar-refractivity contribution in [3.05, 3.63) is 118 Å². The first-order valence-electron chi connectivity index (χ1n) is 16.8. The van der Waals surface area contributed by atoms with Gasteiger partial charge in [-0.3, -0.25) is 19.2 Å². The summed E-state index contributed by atoms with van der Waals surface area (Å²) in [5, 5.41) is 2.86. The van der Waals surface area contributed by atoms with Gasteiger partial charge in [0, 0.05) is 51.0 Å². The first-order chi connectivity index (χ1) is 23.7. The van der Waals surface area contributed by atoms with E-state index in [-0.39, 0.29) is 40.5 Å². The Balaban J connectivity index is 0.000000514. The molecule has 0 aliphatic carbocycles. The minimum atomic E-state index is -0.645. The fourth-order valence-corrected chi connectivity index (χ4v) is 5.88. The maximum absolute atomic E-state index is 13.2. The Morgan fingerprint density at radius 1 is 0.837 bits per heavy atom. The Morgan fingerprint density at radius 3 is 2.18 bits per heavy atom. The molecule has 1 aromatic heterocycles. The van der Waals surface area contributed by atoms with Gasteiger partial charge in [-0.05, 0) is 63.4 Å². The summed E-state index contributed by atoms with van der Waals surface area (Å²) in [5.74, 6) is -0.501. The van der Waals surface area contributed by atoms with Gasteiger partial charge in [0.1, 0.15) is 17.9 Å². The first-order valence-corrected chi connectivity index (χ1v) is 16.8. The molecule has 0 spiro atoms. The number of likely N-dealkylation sites (tertiary alicyclic amines) is 1. The van der Waals surface area contributed by atoms with Gasteiger partial charge < -0.3 is 29.2 Å². The van der Waals surface area contributed by atoms with E-state index in [0.717, 1.165) is 44.1 Å². The third kappa shape index (κ3) is 9.16. The zero-order chi connectivity index (χ0) is 34.8. The molecule has 0 unspecified atom stereocenters. The molecule has 3 aromatic carbocycles. The van der Waals surface area contributed by atoms with E-state index >= 15 is 0 Å². The number of benzene rings is 3. The van der Waals surface area contributed by atoms with E-state index in [4.69, 9.17) is 9.15 Å². The zero-order valence-electron chi connectivity index (χ0n) is 28.3. The Hall–Kier alpha value is -5.38. The summed E-state index contributed by atoms with van der Waals surface area (Å²) in [5.41, 5.74) is 4.09. The smallest absolute Gasteiger partial charge is 0.287 e. The lowest BCUT2D eigenvalue weighted by molar-refractivity contribution is -0.130. The monoisotopic (exact) mass is 664 g/mol. The molecule has 49 heavy (non-hydrogen) atoms. The molecule has 256 valence electrons. The molecule has 2 fully saturated rings. The number of hydrogen-bond donors (Lipinski definition) is 1. The number of carbonyl (C=O) groups excluding carboxylic acids is 3. The normalized spacial score (nSPS) is 14.4. The van der Waals surface area contributed by atoms with Crippen LogP contribution in [-0.2, 0) is 4.79 Å². The topological polar surface area (TPSA) is 112 Å². The van der Waals surface area contributed by atoms with Crippen LogP contribution in [0.1, 0.15) is 51.3 Å². The van der Waals surface area contributed by atoms with Gasteiger partial charge in [0.25, 0.3) is 11.8 Å². The molecule has 6 rings (SSSR count). The summed E-state index contributed by atoms with van der Waals surface area (Å²) in [6.45, 7) is 11.5. The second kappa shape index (κ2) is 16.6. The van der Waals surface area contributed by atoms with Crippen LogP contribution in [0.5, 0.6) is 5.75 Å². The third-order valence-corrected chi connectivity index (χ3v) is 8.66. The Kier molecular flexibility index (Phi) is 11.9. The molecular weight excluding hydrogens is 620 g/mol. The number of nitrogens with zero attached hydrogens (tertiary/aromatic N) is 3. The van der Waals surface area contributed by atoms with Gasteiger partial charge >= 0.3 is 0 Å². The Labute approximate surface area is 286 Å². The van der Waals surface area contributed by atoms with Crippen molar-refractivity contribution in [3.63, 3.8) is 0 Å². The van der Waals surface area contributed by atoms with E-state index < -0.39 is 5.91 Å². The van der Waals surface area contributed by atoms with Gasteiger partial charge in [-0.2, -0.15) is 0 Å². The molecule has 0 atom stereocenters. The van der Waals surface area contributed by atoms with Crippen LogP contribution in [0.15, 0.2) is 94.7 Å². The van der Waals surface area contributed by atoms with Crippen molar-refractivity contribution in [3.8, 4) is 5.75 Å². The van der Waals surface area contributed by atoms with E-state index in [2.05, 4.69) is 54.9 Å². The van der Waals surface area contributed by atoms with E-state index in [1.807, 2.05) is 29.2 Å². The van der Waals surface area contributed by atoms with Crippen molar-refractivity contribution in [1.82, 2.24) is 15.1 Å². The van der Waals surface area contributed by atoms with Crippen LogP contribution >= 0.6 is 0 Å². The van der Waals surface area contributed by atoms with Gasteiger partial charge in [0.05, 0.1) is 17.5 Å². The van der Waals surface area contributed by atoms with E-state index in [1.54, 1.807) is 29.2 Å². The number of piperidine rings is 1. The molecule has 0 bridgehead atoms. The molecule has 1 N–H and O–H groups in total. The highest BCUT2D eigenvalue weighted by Gasteiger charge is 2.27. The summed E-state index contributed by atoms with van der Waals surface area (Å²) in [4.78, 5) is 57.2. The van der Waals surface area contributed by atoms with E-state index in [9.17, 15) is 19.2 Å². The lowest BCUT2D eigenvalue weighted by atomic mass is 10.1. The quantitative estimate of drug-likeness (QED) is 0.252. The minimum Gasteiger partial charge on any atom is -0.490 e. The highest BCUT2D eigenvalue weighted by Crippen LogP contribution is 2.25. The molecular formula is C39H44N4O6. The number of ether oxygens (including phenoxy) is 1. The standard InChI is InChI=1S/C31H34N4O6.C8H10/c1-2-18-40-22-10-11-27-24(19-22)26(36)20-28(41-27)30(38)32-21-29(37)34-16-14-33(15-17-34)25-9-5-4-8-23(25)31(39)35-12-6-3-7-13-35;1-7-3-5-8(2)6-4-7/h2,4-5,8-11,19-20H,1,3,6-7,12-18,21H2,(H,32,38);3-6H,1-2H3. The molecule has 10 nitrogen and oxygen atoms in total. The van der Waals surface area contributed by atoms with Crippen LogP contribution in [0.4, 0.5) is 5.69 Å². The van der Waals surface area contributed by atoms with Crippen molar-refractivity contribution < 1.29 is 23.5 Å². The molecule has 10 heteroatoms. The highest BCUT2D eigenvalue weighted by molar-refractivity contribution is 6.00. The highest BCUT2D eigenvalue weighted by atomic mass is 16.5. The molecule has 0 saturated carbocycles. The zero-order valence-corrected chi connectivity index (χ0v) is 28.3. The number of fused-ring (bicyclic) bond motifs is 1. The molecule has 3 amide bonds. The SMILES string of the molecule is C=CCOc1ccc2oc(C(=O)NCC(=O)N3CCN(c4ccccc4C(=O)N4CCCCC4)CC3)cc(=O)c2c1.Cc1ccc(C)cc1. The van der Waals surface area contributed by atoms with Crippen molar-refractivity contribution in [2.45, 2.75) is 33.1 Å².